The normalized spacial score (nSPS) is 11.8. The molecule has 0 aliphatic carbocycles. The summed E-state index contributed by atoms with van der Waals surface area (Å²) < 4.78 is 45.3. The van der Waals surface area contributed by atoms with E-state index in [1.807, 2.05) is 38.1 Å². The highest BCUT2D eigenvalue weighted by molar-refractivity contribution is 7.92. The molecule has 0 saturated carbocycles. The minimum atomic E-state index is -4.29. The molecule has 41 heavy (non-hydrogen) atoms. The summed E-state index contributed by atoms with van der Waals surface area (Å²) in [6, 6.07) is 17.3. The maximum Gasteiger partial charge on any atom is 0.264 e. The maximum atomic E-state index is 14.1. The highest BCUT2D eigenvalue weighted by Gasteiger charge is 2.33. The second-order valence-electron chi connectivity index (χ2n) is 9.19. The van der Waals surface area contributed by atoms with Crippen LogP contribution in [0, 0.1) is 6.92 Å². The zero-order chi connectivity index (χ0) is 30.2. The molecule has 3 rings (SSSR count). The molecule has 0 unspecified atom stereocenters. The van der Waals surface area contributed by atoms with Gasteiger partial charge in [0, 0.05) is 19.7 Å². The molecule has 0 bridgehead atoms. The van der Waals surface area contributed by atoms with Crippen LogP contribution in [0.3, 0.4) is 0 Å². The molecule has 0 aliphatic heterocycles. The Balaban J connectivity index is 2.09. The first-order valence-electron chi connectivity index (χ1n) is 13.1. The largest absolute Gasteiger partial charge is 0.494 e. The van der Waals surface area contributed by atoms with Gasteiger partial charge in [-0.3, -0.25) is 13.9 Å². The Morgan fingerprint density at radius 1 is 0.951 bits per heavy atom. The number of likely N-dealkylation sites (N-methyl/N-ethyl adjacent to an activating group) is 1. The molecule has 1 N–H and O–H groups in total. The Kier molecular flexibility index (Phi) is 10.6. The first-order valence-corrected chi connectivity index (χ1v) is 14.5. The lowest BCUT2D eigenvalue weighted by Gasteiger charge is -2.32. The van der Waals surface area contributed by atoms with Gasteiger partial charge in [0.05, 0.1) is 31.4 Å². The number of ether oxygens (including phenoxy) is 3. The molecule has 0 fully saturated rings. The molecule has 0 spiro atoms. The number of benzene rings is 3. The number of sulfonamides is 1. The van der Waals surface area contributed by atoms with Crippen LogP contribution < -0.4 is 23.8 Å². The minimum absolute atomic E-state index is 0.0957. The van der Waals surface area contributed by atoms with Crippen molar-refractivity contribution < 1.29 is 32.2 Å². The summed E-state index contributed by atoms with van der Waals surface area (Å²) in [5, 5.41) is 2.58. The van der Waals surface area contributed by atoms with Gasteiger partial charge in [-0.2, -0.15) is 0 Å². The number of methoxy groups -OCH3 is 2. The minimum Gasteiger partial charge on any atom is -0.494 e. The second-order valence-corrected chi connectivity index (χ2v) is 11.1. The smallest absolute Gasteiger partial charge is 0.264 e. The van der Waals surface area contributed by atoms with Crippen LogP contribution in [0.25, 0.3) is 0 Å². The third-order valence-electron chi connectivity index (χ3n) is 6.67. The van der Waals surface area contributed by atoms with Gasteiger partial charge in [-0.25, -0.2) is 8.42 Å². The fourth-order valence-corrected chi connectivity index (χ4v) is 5.70. The summed E-state index contributed by atoms with van der Waals surface area (Å²) in [4.78, 5) is 27.9. The maximum absolute atomic E-state index is 14.1. The fourth-order valence-electron chi connectivity index (χ4n) is 4.27. The SMILES string of the molecule is CCOc1ccc(N(CC(=O)N(Cc2ccccc2C)[C@@H](C)C(=O)NC)S(=O)(=O)c2ccc(OC)c(OC)c2)cc1. The van der Waals surface area contributed by atoms with Crippen molar-refractivity contribution in [3.8, 4) is 17.2 Å². The summed E-state index contributed by atoms with van der Waals surface area (Å²) in [5.74, 6) is 0.213. The van der Waals surface area contributed by atoms with E-state index < -0.39 is 28.5 Å². The molecule has 3 aromatic carbocycles. The van der Waals surface area contributed by atoms with E-state index in [4.69, 9.17) is 14.2 Å². The fraction of sp³-hybridized carbons (Fsp3) is 0.333. The molecule has 1 atom stereocenters. The summed E-state index contributed by atoms with van der Waals surface area (Å²) in [5.41, 5.74) is 2.03. The lowest BCUT2D eigenvalue weighted by molar-refractivity contribution is -0.139. The van der Waals surface area contributed by atoms with E-state index >= 15 is 0 Å². The Labute approximate surface area is 241 Å². The van der Waals surface area contributed by atoms with Gasteiger partial charge in [-0.15, -0.1) is 0 Å². The van der Waals surface area contributed by atoms with E-state index in [9.17, 15) is 18.0 Å². The third-order valence-corrected chi connectivity index (χ3v) is 8.44. The number of hydrogen-bond acceptors (Lipinski definition) is 7. The van der Waals surface area contributed by atoms with Crippen LogP contribution >= 0.6 is 0 Å². The van der Waals surface area contributed by atoms with Crippen LogP contribution in [0.4, 0.5) is 5.69 Å². The molecule has 220 valence electrons. The first kappa shape index (κ1) is 31.3. The van der Waals surface area contributed by atoms with E-state index in [1.54, 1.807) is 31.2 Å². The van der Waals surface area contributed by atoms with Crippen molar-refractivity contribution in [3.63, 3.8) is 0 Å². The van der Waals surface area contributed by atoms with Gasteiger partial charge in [0.2, 0.25) is 11.8 Å². The second kappa shape index (κ2) is 13.9. The molecule has 11 heteroatoms. The van der Waals surface area contributed by atoms with Crippen molar-refractivity contribution in [3.05, 3.63) is 77.9 Å². The Bertz CT molecular complexity index is 1460. The van der Waals surface area contributed by atoms with E-state index in [0.29, 0.717) is 18.1 Å². The van der Waals surface area contributed by atoms with Crippen molar-refractivity contribution in [1.82, 2.24) is 10.2 Å². The van der Waals surface area contributed by atoms with Crippen molar-refractivity contribution in [1.29, 1.82) is 0 Å². The molecule has 3 aromatic rings. The van der Waals surface area contributed by atoms with Crippen LogP contribution in [0.5, 0.6) is 17.2 Å². The number of amides is 2. The topological polar surface area (TPSA) is 114 Å². The highest BCUT2D eigenvalue weighted by atomic mass is 32.2. The predicted molar refractivity (Wildman–Crippen MR) is 157 cm³/mol. The van der Waals surface area contributed by atoms with E-state index in [1.165, 1.54) is 44.4 Å². The molecule has 0 aliphatic rings. The van der Waals surface area contributed by atoms with E-state index in [0.717, 1.165) is 15.4 Å². The number of nitrogens with one attached hydrogen (secondary N) is 1. The Hall–Kier alpha value is -4.25. The van der Waals surface area contributed by atoms with Gasteiger partial charge in [-0.1, -0.05) is 24.3 Å². The van der Waals surface area contributed by atoms with E-state index in [-0.39, 0.29) is 28.8 Å². The molecule has 0 heterocycles. The van der Waals surface area contributed by atoms with Crippen LogP contribution in [-0.2, 0) is 26.2 Å². The lowest BCUT2D eigenvalue weighted by Crippen LogP contribution is -2.50. The highest BCUT2D eigenvalue weighted by Crippen LogP contribution is 2.33. The average Bonchev–Trinajstić information content (AvgIpc) is 2.98. The van der Waals surface area contributed by atoms with Crippen LogP contribution in [0.15, 0.2) is 71.6 Å². The van der Waals surface area contributed by atoms with Crippen molar-refractivity contribution in [2.45, 2.75) is 38.3 Å². The quantitative estimate of drug-likeness (QED) is 0.326. The van der Waals surface area contributed by atoms with Crippen molar-refractivity contribution in [2.75, 3.05) is 38.7 Å². The molecule has 0 radical (unpaired) electrons. The summed E-state index contributed by atoms with van der Waals surface area (Å²) in [6.07, 6.45) is 0. The molecule has 0 saturated heterocycles. The molecule has 2 amide bonds. The molecular formula is C30H37N3O7S. The van der Waals surface area contributed by atoms with Gasteiger partial charge < -0.3 is 24.4 Å². The van der Waals surface area contributed by atoms with Crippen LogP contribution in [-0.4, -0.2) is 65.6 Å². The average molecular weight is 584 g/mol. The third kappa shape index (κ3) is 7.29. The van der Waals surface area contributed by atoms with E-state index in [2.05, 4.69) is 5.32 Å². The number of rotatable bonds is 13. The number of nitrogens with zero attached hydrogens (tertiary/aromatic N) is 2. The van der Waals surface area contributed by atoms with Gasteiger partial charge in [0.1, 0.15) is 18.3 Å². The van der Waals surface area contributed by atoms with Crippen molar-refractivity contribution in [2.24, 2.45) is 0 Å². The number of carbonyl (C=O) groups excluding carboxylic acids is 2. The number of aryl methyl sites for hydroxylation is 1. The summed E-state index contributed by atoms with van der Waals surface area (Å²) in [6.45, 7) is 5.37. The molecular weight excluding hydrogens is 546 g/mol. The summed E-state index contributed by atoms with van der Waals surface area (Å²) in [7, 11) is 0.0604. The predicted octanol–water partition coefficient (Wildman–Crippen LogP) is 3.77. The number of carbonyl (C=O) groups is 2. The summed E-state index contributed by atoms with van der Waals surface area (Å²) >= 11 is 0. The Morgan fingerprint density at radius 2 is 1.61 bits per heavy atom. The lowest BCUT2D eigenvalue weighted by atomic mass is 10.1. The van der Waals surface area contributed by atoms with Gasteiger partial charge in [-0.05, 0) is 68.3 Å². The Morgan fingerprint density at radius 3 is 2.20 bits per heavy atom. The van der Waals surface area contributed by atoms with Gasteiger partial charge >= 0.3 is 0 Å². The standard InChI is InChI=1S/C30H37N3O7S/c1-7-40-25-14-12-24(13-15-25)33(41(36,37)26-16-17-27(38-5)28(18-26)39-6)20-29(34)32(22(3)30(35)31-4)19-23-11-9-8-10-21(23)2/h8-18,22H,7,19-20H2,1-6H3,(H,31,35)/t22-/m0/s1. The zero-order valence-corrected chi connectivity index (χ0v) is 25.0. The van der Waals surface area contributed by atoms with Gasteiger partial charge in [0.15, 0.2) is 11.5 Å². The van der Waals surface area contributed by atoms with Crippen LogP contribution in [0.1, 0.15) is 25.0 Å². The molecule has 0 aromatic heterocycles. The van der Waals surface area contributed by atoms with Gasteiger partial charge in [0.25, 0.3) is 10.0 Å². The monoisotopic (exact) mass is 583 g/mol. The van der Waals surface area contributed by atoms with Crippen LogP contribution in [0.2, 0.25) is 0 Å². The first-order chi connectivity index (χ1) is 19.6. The zero-order valence-electron chi connectivity index (χ0n) is 24.2. The number of hydrogen-bond donors (Lipinski definition) is 1. The molecule has 10 nitrogen and oxygen atoms in total. The number of anilines is 1. The van der Waals surface area contributed by atoms with Crippen molar-refractivity contribution >= 4 is 27.5 Å².